The molecule has 6 nitrogen and oxygen atoms in total. The normalized spacial score (nSPS) is 29.4. The number of imidazole rings is 1. The number of aryl methyl sites for hydroxylation is 1. The van der Waals surface area contributed by atoms with Gasteiger partial charge in [-0.05, 0) is 12.8 Å². The van der Waals surface area contributed by atoms with Gasteiger partial charge in [-0.15, -0.1) is 0 Å². The Kier molecular flexibility index (Phi) is 4.90. The second-order valence-corrected chi connectivity index (χ2v) is 6.17. The van der Waals surface area contributed by atoms with Crippen LogP contribution in [0.3, 0.4) is 0 Å². The van der Waals surface area contributed by atoms with E-state index in [4.69, 9.17) is 4.74 Å². The highest BCUT2D eigenvalue weighted by Gasteiger charge is 2.30. The van der Waals surface area contributed by atoms with Crippen molar-refractivity contribution in [2.75, 3.05) is 39.4 Å². The average molecular weight is 294 g/mol. The van der Waals surface area contributed by atoms with Crippen LogP contribution in [0.25, 0.3) is 0 Å². The van der Waals surface area contributed by atoms with Crippen LogP contribution in [0.5, 0.6) is 0 Å². The summed E-state index contributed by atoms with van der Waals surface area (Å²) in [6.45, 7) is 6.32. The van der Waals surface area contributed by atoms with Gasteiger partial charge in [0.05, 0.1) is 31.3 Å². The van der Waals surface area contributed by atoms with Gasteiger partial charge in [-0.1, -0.05) is 0 Å². The van der Waals surface area contributed by atoms with Crippen molar-refractivity contribution in [1.82, 2.24) is 19.4 Å². The fourth-order valence-electron chi connectivity index (χ4n) is 3.40. The highest BCUT2D eigenvalue weighted by atomic mass is 16.5. The summed E-state index contributed by atoms with van der Waals surface area (Å²) in [5.74, 6) is 0. The lowest BCUT2D eigenvalue weighted by Gasteiger charge is -2.36. The fraction of sp³-hybridized carbons (Fsp3) is 0.800. The van der Waals surface area contributed by atoms with Gasteiger partial charge >= 0.3 is 0 Å². The van der Waals surface area contributed by atoms with Crippen LogP contribution in [0.2, 0.25) is 0 Å². The largest absolute Gasteiger partial charge is 0.391 e. The minimum Gasteiger partial charge on any atom is -0.391 e. The van der Waals surface area contributed by atoms with Gasteiger partial charge in [0.2, 0.25) is 0 Å². The van der Waals surface area contributed by atoms with Gasteiger partial charge in [-0.25, -0.2) is 4.98 Å². The van der Waals surface area contributed by atoms with E-state index in [1.54, 1.807) is 0 Å². The van der Waals surface area contributed by atoms with Crippen molar-refractivity contribution >= 4 is 0 Å². The van der Waals surface area contributed by atoms with Gasteiger partial charge in [-0.3, -0.25) is 9.80 Å². The SMILES string of the molecule is Cn1cnc(CN2CC[C@H](O)[C@@H](N3CCOCC3)CC2)c1. The molecule has 6 heteroatoms. The highest BCUT2D eigenvalue weighted by Crippen LogP contribution is 2.19. The highest BCUT2D eigenvalue weighted by molar-refractivity contribution is 4.97. The average Bonchev–Trinajstić information content (AvgIpc) is 2.81. The van der Waals surface area contributed by atoms with Gasteiger partial charge in [-0.2, -0.15) is 0 Å². The zero-order valence-electron chi connectivity index (χ0n) is 12.8. The monoisotopic (exact) mass is 294 g/mol. The molecule has 0 amide bonds. The zero-order chi connectivity index (χ0) is 14.7. The zero-order valence-corrected chi connectivity index (χ0v) is 12.8. The van der Waals surface area contributed by atoms with Crippen LogP contribution < -0.4 is 0 Å². The molecule has 0 aromatic carbocycles. The molecular formula is C15H26N4O2. The van der Waals surface area contributed by atoms with Gasteiger partial charge in [0.15, 0.2) is 0 Å². The summed E-state index contributed by atoms with van der Waals surface area (Å²) < 4.78 is 7.40. The van der Waals surface area contributed by atoms with E-state index in [1.165, 1.54) is 0 Å². The minimum atomic E-state index is -0.225. The number of ether oxygens (including phenoxy) is 1. The number of nitrogens with zero attached hydrogens (tertiary/aromatic N) is 4. The summed E-state index contributed by atoms with van der Waals surface area (Å²) >= 11 is 0. The molecule has 2 atom stereocenters. The number of likely N-dealkylation sites (tertiary alicyclic amines) is 1. The van der Waals surface area contributed by atoms with Gasteiger partial charge in [0.1, 0.15) is 0 Å². The molecule has 0 unspecified atom stereocenters. The molecule has 0 aliphatic carbocycles. The number of aliphatic hydroxyl groups excluding tert-OH is 1. The molecule has 1 aromatic rings. The molecule has 2 saturated heterocycles. The van der Waals surface area contributed by atoms with Crippen LogP contribution in [0.4, 0.5) is 0 Å². The molecule has 1 aromatic heterocycles. The van der Waals surface area contributed by atoms with Crippen molar-refractivity contribution < 1.29 is 9.84 Å². The lowest BCUT2D eigenvalue weighted by molar-refractivity contribution is -0.0222. The molecule has 2 fully saturated rings. The van der Waals surface area contributed by atoms with Crippen LogP contribution in [-0.2, 0) is 18.3 Å². The van der Waals surface area contributed by atoms with Crippen molar-refractivity contribution in [2.24, 2.45) is 7.05 Å². The van der Waals surface area contributed by atoms with E-state index < -0.39 is 0 Å². The Labute approximate surface area is 126 Å². The predicted molar refractivity (Wildman–Crippen MR) is 79.9 cm³/mol. The first kappa shape index (κ1) is 15.0. The Morgan fingerprint density at radius 1 is 1.24 bits per heavy atom. The maximum absolute atomic E-state index is 10.5. The first-order valence-corrected chi connectivity index (χ1v) is 7.91. The summed E-state index contributed by atoms with van der Waals surface area (Å²) in [6.07, 6.45) is 5.55. The summed E-state index contributed by atoms with van der Waals surface area (Å²) in [5.41, 5.74) is 1.11. The first-order chi connectivity index (χ1) is 10.2. The number of hydrogen-bond acceptors (Lipinski definition) is 5. The molecule has 2 aliphatic heterocycles. The van der Waals surface area contributed by atoms with E-state index >= 15 is 0 Å². The van der Waals surface area contributed by atoms with Gasteiger partial charge < -0.3 is 14.4 Å². The summed E-state index contributed by atoms with van der Waals surface area (Å²) in [6, 6.07) is 0.280. The minimum absolute atomic E-state index is 0.225. The Bertz CT molecular complexity index is 445. The van der Waals surface area contributed by atoms with E-state index in [2.05, 4.69) is 21.0 Å². The third-order valence-corrected chi connectivity index (χ3v) is 4.58. The second kappa shape index (κ2) is 6.87. The smallest absolute Gasteiger partial charge is 0.0947 e. The van der Waals surface area contributed by atoms with E-state index in [0.29, 0.717) is 0 Å². The predicted octanol–water partition coefficient (Wildman–Crippen LogP) is 0.0776. The number of rotatable bonds is 3. The van der Waals surface area contributed by atoms with Crippen LogP contribution >= 0.6 is 0 Å². The molecule has 3 heterocycles. The van der Waals surface area contributed by atoms with Gasteiger partial charge in [0.25, 0.3) is 0 Å². The Morgan fingerprint density at radius 3 is 2.71 bits per heavy atom. The molecule has 0 radical (unpaired) electrons. The van der Waals surface area contributed by atoms with Crippen molar-refractivity contribution in [1.29, 1.82) is 0 Å². The number of hydrogen-bond donors (Lipinski definition) is 1. The third kappa shape index (κ3) is 3.83. The molecule has 21 heavy (non-hydrogen) atoms. The molecule has 2 aliphatic rings. The molecule has 3 rings (SSSR count). The maximum atomic E-state index is 10.5. The van der Waals surface area contributed by atoms with Crippen molar-refractivity contribution in [3.05, 3.63) is 18.2 Å². The topological polar surface area (TPSA) is 53.8 Å². The Hall–Kier alpha value is -0.950. The van der Waals surface area contributed by atoms with Gasteiger partial charge in [0, 0.05) is 52.0 Å². The number of aliphatic hydroxyl groups is 1. The molecule has 0 saturated carbocycles. The van der Waals surface area contributed by atoms with Crippen LogP contribution in [0, 0.1) is 0 Å². The van der Waals surface area contributed by atoms with Crippen molar-refractivity contribution in [3.8, 4) is 0 Å². The molecule has 1 N–H and O–H groups in total. The van der Waals surface area contributed by atoms with E-state index in [-0.39, 0.29) is 12.1 Å². The molecular weight excluding hydrogens is 268 g/mol. The van der Waals surface area contributed by atoms with Crippen molar-refractivity contribution in [2.45, 2.75) is 31.5 Å². The quantitative estimate of drug-likeness (QED) is 0.855. The lowest BCUT2D eigenvalue weighted by Crippen LogP contribution is -2.49. The summed E-state index contributed by atoms with van der Waals surface area (Å²) in [5, 5.41) is 10.5. The van der Waals surface area contributed by atoms with Crippen LogP contribution in [-0.4, -0.2) is 76.0 Å². The van der Waals surface area contributed by atoms with E-state index in [1.807, 2.05) is 17.9 Å². The van der Waals surface area contributed by atoms with E-state index in [0.717, 1.165) is 64.5 Å². The van der Waals surface area contributed by atoms with Crippen LogP contribution in [0.15, 0.2) is 12.5 Å². The fourth-order valence-corrected chi connectivity index (χ4v) is 3.40. The van der Waals surface area contributed by atoms with E-state index in [9.17, 15) is 5.11 Å². The second-order valence-electron chi connectivity index (χ2n) is 6.17. The molecule has 118 valence electrons. The Balaban J connectivity index is 1.57. The summed E-state index contributed by atoms with van der Waals surface area (Å²) in [4.78, 5) is 9.21. The third-order valence-electron chi connectivity index (χ3n) is 4.58. The maximum Gasteiger partial charge on any atom is 0.0947 e. The van der Waals surface area contributed by atoms with Crippen molar-refractivity contribution in [3.63, 3.8) is 0 Å². The summed E-state index contributed by atoms with van der Waals surface area (Å²) in [7, 11) is 2.00. The first-order valence-electron chi connectivity index (χ1n) is 7.91. The standard InChI is InChI=1S/C15H26N4O2/c1-17-10-13(16-12-17)11-18-4-2-14(15(20)3-5-18)19-6-8-21-9-7-19/h10,12,14-15,20H,2-9,11H2,1H3/t14-,15-/m0/s1. The molecule has 0 bridgehead atoms. The Morgan fingerprint density at radius 2 is 2.00 bits per heavy atom. The number of morpholine rings is 1. The van der Waals surface area contributed by atoms with Crippen LogP contribution in [0.1, 0.15) is 18.5 Å². The molecule has 0 spiro atoms. The number of aromatic nitrogens is 2. The lowest BCUT2D eigenvalue weighted by atomic mass is 10.0.